The van der Waals surface area contributed by atoms with Gasteiger partial charge >= 0.3 is 5.97 Å². The Balaban J connectivity index is 1.77. The van der Waals surface area contributed by atoms with Crippen molar-refractivity contribution in [1.29, 1.82) is 0 Å². The monoisotopic (exact) mass is 400 g/mol. The molecule has 1 amide bonds. The van der Waals surface area contributed by atoms with Crippen molar-refractivity contribution in [2.45, 2.75) is 6.61 Å². The minimum absolute atomic E-state index is 0.131. The Labute approximate surface area is 166 Å². The zero-order valence-corrected chi connectivity index (χ0v) is 15.8. The highest BCUT2D eigenvalue weighted by Gasteiger charge is 2.32. The molecule has 1 aliphatic rings. The maximum absolute atomic E-state index is 13.0. The Kier molecular flexibility index (Phi) is 6.00. The van der Waals surface area contributed by atoms with Gasteiger partial charge in [-0.25, -0.2) is 4.39 Å². The number of benzene rings is 2. The van der Waals surface area contributed by atoms with E-state index in [-0.39, 0.29) is 29.8 Å². The van der Waals surface area contributed by atoms with Crippen molar-refractivity contribution in [2.75, 3.05) is 13.7 Å². The Morgan fingerprint density at radius 1 is 1.21 bits per heavy atom. The van der Waals surface area contributed by atoms with Crippen LogP contribution in [0.5, 0.6) is 5.75 Å². The number of methoxy groups -OCH3 is 1. The van der Waals surface area contributed by atoms with Crippen LogP contribution in [0, 0.1) is 5.82 Å². The Morgan fingerprint density at radius 3 is 2.64 bits per heavy atom. The third-order valence-corrected chi connectivity index (χ3v) is 4.33. The lowest BCUT2D eigenvalue weighted by Crippen LogP contribution is -2.35. The fourth-order valence-electron chi connectivity index (χ4n) is 2.54. The number of hydrogen-bond acceptors (Lipinski definition) is 5. The summed E-state index contributed by atoms with van der Waals surface area (Å²) in [5, 5.41) is 2.93. The van der Waals surface area contributed by atoms with Gasteiger partial charge in [-0.05, 0) is 42.1 Å². The molecule has 0 atom stereocenters. The molecular weight excluding hydrogens is 383 g/mol. The average Bonchev–Trinajstić information content (AvgIpc) is 2.95. The summed E-state index contributed by atoms with van der Waals surface area (Å²) in [6.45, 7) is -0.0179. The molecule has 1 aliphatic heterocycles. The van der Waals surface area contributed by atoms with Crippen molar-refractivity contribution in [3.05, 3.63) is 71.2 Å². The molecule has 0 saturated carbocycles. The summed E-state index contributed by atoms with van der Waals surface area (Å²) >= 11 is 5.12. The molecule has 1 heterocycles. The summed E-state index contributed by atoms with van der Waals surface area (Å²) in [6.07, 6.45) is 1.60. The van der Waals surface area contributed by atoms with Gasteiger partial charge in [-0.15, -0.1) is 0 Å². The maximum Gasteiger partial charge on any atom is 0.325 e. The number of thiocarbonyl (C=S) groups is 1. The normalized spacial score (nSPS) is 14.9. The molecule has 0 aliphatic carbocycles. The van der Waals surface area contributed by atoms with Crippen molar-refractivity contribution >= 4 is 35.3 Å². The third kappa shape index (κ3) is 4.52. The van der Waals surface area contributed by atoms with E-state index in [9.17, 15) is 14.0 Å². The summed E-state index contributed by atoms with van der Waals surface area (Å²) in [5.74, 6) is -0.760. The van der Waals surface area contributed by atoms with Crippen LogP contribution in [0.4, 0.5) is 4.39 Å². The second-order valence-electron chi connectivity index (χ2n) is 5.91. The zero-order chi connectivity index (χ0) is 20.1. The van der Waals surface area contributed by atoms with Crippen molar-refractivity contribution < 1.29 is 23.5 Å². The van der Waals surface area contributed by atoms with E-state index >= 15 is 0 Å². The van der Waals surface area contributed by atoms with Gasteiger partial charge in [0.05, 0.1) is 7.11 Å². The lowest BCUT2D eigenvalue weighted by molar-refractivity contribution is -0.143. The van der Waals surface area contributed by atoms with Crippen LogP contribution in [-0.2, 0) is 20.9 Å². The minimum atomic E-state index is -0.568. The van der Waals surface area contributed by atoms with Crippen LogP contribution >= 0.6 is 12.2 Å². The fourth-order valence-corrected chi connectivity index (χ4v) is 2.79. The van der Waals surface area contributed by atoms with E-state index in [0.29, 0.717) is 11.3 Å². The van der Waals surface area contributed by atoms with Gasteiger partial charge in [0.25, 0.3) is 5.91 Å². The number of hydrogen-bond donors (Lipinski definition) is 1. The van der Waals surface area contributed by atoms with E-state index in [2.05, 4.69) is 10.1 Å². The quantitative estimate of drug-likeness (QED) is 0.457. The summed E-state index contributed by atoms with van der Waals surface area (Å²) in [4.78, 5) is 25.1. The molecule has 1 N–H and O–H groups in total. The topological polar surface area (TPSA) is 67.9 Å². The van der Waals surface area contributed by atoms with Crippen molar-refractivity contribution in [1.82, 2.24) is 10.2 Å². The second kappa shape index (κ2) is 8.62. The predicted molar refractivity (Wildman–Crippen MR) is 105 cm³/mol. The van der Waals surface area contributed by atoms with Crippen LogP contribution in [0.1, 0.15) is 11.1 Å². The number of ether oxygens (including phenoxy) is 2. The Bertz CT molecular complexity index is 943. The molecule has 2 aromatic carbocycles. The largest absolute Gasteiger partial charge is 0.488 e. The molecule has 0 radical (unpaired) electrons. The molecule has 0 unspecified atom stereocenters. The molecular formula is C20H17FN2O4S. The first-order valence-corrected chi connectivity index (χ1v) is 8.76. The number of nitrogens with one attached hydrogen (secondary N) is 1. The highest BCUT2D eigenvalue weighted by molar-refractivity contribution is 7.80. The number of nitrogens with zero attached hydrogens (tertiary/aromatic N) is 1. The van der Waals surface area contributed by atoms with E-state index in [1.807, 2.05) is 0 Å². The van der Waals surface area contributed by atoms with E-state index in [4.69, 9.17) is 17.0 Å². The summed E-state index contributed by atoms with van der Waals surface area (Å²) in [6, 6.07) is 13.2. The van der Waals surface area contributed by atoms with Crippen LogP contribution in [0.15, 0.2) is 54.2 Å². The molecule has 0 bridgehead atoms. The first-order valence-electron chi connectivity index (χ1n) is 8.35. The van der Waals surface area contributed by atoms with Crippen molar-refractivity contribution in [3.8, 4) is 5.75 Å². The molecule has 6 nitrogen and oxygen atoms in total. The molecule has 0 spiro atoms. The van der Waals surface area contributed by atoms with Crippen LogP contribution < -0.4 is 10.1 Å². The van der Waals surface area contributed by atoms with Gasteiger partial charge in [-0.2, -0.15) is 0 Å². The molecule has 8 heteroatoms. The highest BCUT2D eigenvalue weighted by atomic mass is 32.1. The van der Waals surface area contributed by atoms with Crippen LogP contribution in [-0.4, -0.2) is 35.5 Å². The predicted octanol–water partition coefficient (Wildman–Crippen LogP) is 2.64. The number of carbonyl (C=O) groups excluding carboxylic acids is 2. The molecule has 2 aromatic rings. The van der Waals surface area contributed by atoms with Gasteiger partial charge < -0.3 is 14.8 Å². The fraction of sp³-hybridized carbons (Fsp3) is 0.150. The lowest BCUT2D eigenvalue weighted by Gasteiger charge is -2.11. The van der Waals surface area contributed by atoms with Gasteiger partial charge in [-0.3, -0.25) is 14.5 Å². The van der Waals surface area contributed by atoms with Gasteiger partial charge in [0.15, 0.2) is 5.11 Å². The van der Waals surface area contributed by atoms with Gasteiger partial charge in [0.1, 0.15) is 30.4 Å². The van der Waals surface area contributed by atoms with Crippen molar-refractivity contribution in [2.24, 2.45) is 0 Å². The molecule has 1 saturated heterocycles. The summed E-state index contributed by atoms with van der Waals surface area (Å²) < 4.78 is 23.4. The lowest BCUT2D eigenvalue weighted by atomic mass is 10.1. The van der Waals surface area contributed by atoms with Gasteiger partial charge in [0, 0.05) is 5.56 Å². The summed E-state index contributed by atoms with van der Waals surface area (Å²) in [5.41, 5.74) is 1.69. The molecule has 144 valence electrons. The van der Waals surface area contributed by atoms with E-state index in [0.717, 1.165) is 10.5 Å². The van der Waals surface area contributed by atoms with Crippen LogP contribution in [0.25, 0.3) is 6.08 Å². The van der Waals surface area contributed by atoms with Crippen LogP contribution in [0.3, 0.4) is 0 Å². The third-order valence-electron chi connectivity index (χ3n) is 4.00. The zero-order valence-electron chi connectivity index (χ0n) is 15.0. The maximum atomic E-state index is 13.0. The minimum Gasteiger partial charge on any atom is -0.488 e. The van der Waals surface area contributed by atoms with E-state index in [1.165, 1.54) is 19.2 Å². The first kappa shape index (κ1) is 19.5. The number of rotatable bonds is 6. The standard InChI is InChI=1S/C20H17FN2O4S/c1-26-18(24)11-23-19(25)16(22-20(23)28)10-14-4-2-3-5-17(14)27-12-13-6-8-15(21)9-7-13/h2-10H,11-12H2,1H3,(H,22,28)/b16-10-. The van der Waals surface area contributed by atoms with Gasteiger partial charge in [-0.1, -0.05) is 30.3 Å². The number of halogens is 1. The van der Waals surface area contributed by atoms with Crippen LogP contribution in [0.2, 0.25) is 0 Å². The number of esters is 1. The smallest absolute Gasteiger partial charge is 0.325 e. The average molecular weight is 400 g/mol. The Hall–Kier alpha value is -3.26. The molecule has 3 rings (SSSR count). The summed E-state index contributed by atoms with van der Waals surface area (Å²) in [7, 11) is 1.24. The number of carbonyl (C=O) groups is 2. The Morgan fingerprint density at radius 2 is 1.93 bits per heavy atom. The molecule has 1 fully saturated rings. The number of amides is 1. The first-order chi connectivity index (χ1) is 13.5. The highest BCUT2D eigenvalue weighted by Crippen LogP contribution is 2.23. The molecule has 28 heavy (non-hydrogen) atoms. The van der Waals surface area contributed by atoms with Gasteiger partial charge in [0.2, 0.25) is 0 Å². The molecule has 0 aromatic heterocycles. The van der Waals surface area contributed by atoms with E-state index < -0.39 is 11.9 Å². The van der Waals surface area contributed by atoms with Crippen molar-refractivity contribution in [3.63, 3.8) is 0 Å². The van der Waals surface area contributed by atoms with E-state index in [1.54, 1.807) is 42.5 Å². The SMILES string of the molecule is COC(=O)CN1C(=O)/C(=C/c2ccccc2OCc2ccc(F)cc2)NC1=S. The number of para-hydroxylation sites is 1. The second-order valence-corrected chi connectivity index (χ2v) is 6.30.